The van der Waals surface area contributed by atoms with E-state index < -0.39 is 9.73 Å². The highest BCUT2D eigenvalue weighted by molar-refractivity contribution is 7.91. The molecule has 0 bridgehead atoms. The molecule has 0 radical (unpaired) electrons. The van der Waals surface area contributed by atoms with Gasteiger partial charge in [-0.2, -0.15) is 0 Å². The number of nitrogens with zero attached hydrogens (tertiary/aromatic N) is 3. The molecule has 1 N–H and O–H groups in total. The van der Waals surface area contributed by atoms with Crippen LogP contribution in [-0.2, 0) is 21.9 Å². The predicted octanol–water partition coefficient (Wildman–Crippen LogP) is 4.43. The molecule has 1 unspecified atom stereocenters. The summed E-state index contributed by atoms with van der Waals surface area (Å²) in [5.41, 5.74) is 2.99. The number of fused-ring (bicyclic) bond motifs is 1. The summed E-state index contributed by atoms with van der Waals surface area (Å²) < 4.78 is 34.2. The normalized spacial score (nSPS) is 22.8. The maximum Gasteiger partial charge on any atom is 0.139 e. The average Bonchev–Trinajstić information content (AvgIpc) is 3.18. The van der Waals surface area contributed by atoms with E-state index in [2.05, 4.69) is 34.1 Å². The number of hydrogen-bond acceptors (Lipinski definition) is 5. The molecular weight excluding hydrogens is 387 g/mol. The van der Waals surface area contributed by atoms with Crippen molar-refractivity contribution < 1.29 is 8.60 Å². The number of rotatable bonds is 6. The molecule has 2 aliphatic rings. The molecule has 1 saturated carbocycles. The average molecular weight is 415 g/mol. The SMILES string of the molecule is CN(c1ncnc2c1C=CC2)C1CCC(CS(=N)(=O)Cc2ccc(F)cc2)CC1. The topological polar surface area (TPSA) is 69.9 Å². The lowest BCUT2D eigenvalue weighted by atomic mass is 9.86. The molecule has 0 saturated heterocycles. The van der Waals surface area contributed by atoms with Gasteiger partial charge >= 0.3 is 0 Å². The molecule has 5 nitrogen and oxygen atoms in total. The number of nitrogens with one attached hydrogen (secondary N) is 1. The Morgan fingerprint density at radius 1 is 1.17 bits per heavy atom. The molecule has 1 fully saturated rings. The molecule has 1 atom stereocenters. The van der Waals surface area contributed by atoms with Gasteiger partial charge in [0.2, 0.25) is 0 Å². The van der Waals surface area contributed by atoms with E-state index in [4.69, 9.17) is 4.78 Å². The van der Waals surface area contributed by atoms with E-state index in [9.17, 15) is 8.60 Å². The number of aromatic nitrogens is 2. The van der Waals surface area contributed by atoms with Crippen LogP contribution in [0.15, 0.2) is 36.7 Å². The zero-order valence-corrected chi connectivity index (χ0v) is 17.5. The Labute approximate surface area is 172 Å². The molecule has 29 heavy (non-hydrogen) atoms. The lowest BCUT2D eigenvalue weighted by Gasteiger charge is -2.36. The van der Waals surface area contributed by atoms with Crippen molar-refractivity contribution in [2.24, 2.45) is 5.92 Å². The molecule has 7 heteroatoms. The van der Waals surface area contributed by atoms with Crippen molar-refractivity contribution in [2.45, 2.75) is 43.9 Å². The third-order valence-corrected chi connectivity index (χ3v) is 7.87. The van der Waals surface area contributed by atoms with E-state index in [-0.39, 0.29) is 11.6 Å². The standard InChI is InChI=1S/C22H27FN4OS/c1-27(22-20-3-2-4-21(20)25-15-26-22)19-11-7-17(8-12-19)14-29(24,28)13-16-5-9-18(23)10-6-16/h2-3,5-6,9-10,15,17,19,24H,4,7-8,11-14H2,1H3. The maximum atomic E-state index is 13.1. The zero-order valence-electron chi connectivity index (χ0n) is 16.7. The van der Waals surface area contributed by atoms with E-state index in [1.807, 2.05) is 0 Å². The van der Waals surface area contributed by atoms with Gasteiger partial charge in [0.15, 0.2) is 0 Å². The minimum atomic E-state index is -2.71. The summed E-state index contributed by atoms with van der Waals surface area (Å²) in [7, 11) is -0.612. The summed E-state index contributed by atoms with van der Waals surface area (Å²) in [5.74, 6) is 1.62. The number of hydrogen-bond donors (Lipinski definition) is 1. The summed E-state index contributed by atoms with van der Waals surface area (Å²) in [6.07, 6.45) is 10.7. The molecular formula is C22H27FN4OS. The highest BCUT2D eigenvalue weighted by atomic mass is 32.2. The summed E-state index contributed by atoms with van der Waals surface area (Å²) in [4.78, 5) is 11.1. The Hall–Kier alpha value is -2.28. The lowest BCUT2D eigenvalue weighted by molar-refractivity contribution is 0.342. The predicted molar refractivity (Wildman–Crippen MR) is 115 cm³/mol. The Kier molecular flexibility index (Phi) is 5.67. The van der Waals surface area contributed by atoms with Crippen LogP contribution in [0.25, 0.3) is 6.08 Å². The van der Waals surface area contributed by atoms with Crippen molar-refractivity contribution in [1.29, 1.82) is 4.78 Å². The Morgan fingerprint density at radius 2 is 1.90 bits per heavy atom. The van der Waals surface area contributed by atoms with E-state index in [1.54, 1.807) is 18.5 Å². The molecule has 154 valence electrons. The fraction of sp³-hybridized carbons (Fsp3) is 0.455. The second-order valence-electron chi connectivity index (χ2n) is 8.20. The molecule has 1 aromatic carbocycles. The van der Waals surface area contributed by atoms with E-state index in [0.29, 0.717) is 17.7 Å². The first-order chi connectivity index (χ1) is 13.9. The van der Waals surface area contributed by atoms with E-state index >= 15 is 0 Å². The summed E-state index contributed by atoms with van der Waals surface area (Å²) in [6.45, 7) is 0. The van der Waals surface area contributed by atoms with Gasteiger partial charge in [-0.05, 0) is 49.3 Å². The summed E-state index contributed by atoms with van der Waals surface area (Å²) in [5, 5.41) is 0. The molecule has 4 rings (SSSR count). The van der Waals surface area contributed by atoms with Crippen LogP contribution in [0.2, 0.25) is 0 Å². The quantitative estimate of drug-likeness (QED) is 0.759. The molecule has 0 aliphatic heterocycles. The van der Waals surface area contributed by atoms with Crippen molar-refractivity contribution in [3.05, 3.63) is 59.3 Å². The van der Waals surface area contributed by atoms with Crippen molar-refractivity contribution in [3.8, 4) is 0 Å². The fourth-order valence-electron chi connectivity index (χ4n) is 4.49. The largest absolute Gasteiger partial charge is 0.356 e. The third kappa shape index (κ3) is 4.66. The van der Waals surface area contributed by atoms with Crippen LogP contribution in [-0.4, -0.2) is 33.0 Å². The molecule has 2 aliphatic carbocycles. The van der Waals surface area contributed by atoms with Gasteiger partial charge in [-0.1, -0.05) is 24.3 Å². The third-order valence-electron chi connectivity index (χ3n) is 6.06. The highest BCUT2D eigenvalue weighted by Crippen LogP contribution is 2.33. The Balaban J connectivity index is 1.34. The van der Waals surface area contributed by atoms with Crippen LogP contribution in [0.3, 0.4) is 0 Å². The van der Waals surface area contributed by atoms with Crippen molar-refractivity contribution >= 4 is 21.6 Å². The first-order valence-corrected chi connectivity index (χ1v) is 12.0. The van der Waals surface area contributed by atoms with E-state index in [1.165, 1.54) is 12.1 Å². The maximum absolute atomic E-state index is 13.1. The van der Waals surface area contributed by atoms with Gasteiger partial charge in [-0.3, -0.25) is 4.78 Å². The van der Waals surface area contributed by atoms with Crippen LogP contribution < -0.4 is 4.90 Å². The highest BCUT2D eigenvalue weighted by Gasteiger charge is 2.28. The summed E-state index contributed by atoms with van der Waals surface area (Å²) >= 11 is 0. The van der Waals surface area contributed by atoms with Crippen LogP contribution in [0.5, 0.6) is 0 Å². The second kappa shape index (κ2) is 8.22. The van der Waals surface area contributed by atoms with Gasteiger partial charge in [0, 0.05) is 40.6 Å². The number of halogens is 1. The van der Waals surface area contributed by atoms with Crippen LogP contribution in [0.4, 0.5) is 10.2 Å². The minimum absolute atomic E-state index is 0.201. The number of benzene rings is 1. The first-order valence-electron chi connectivity index (χ1n) is 10.1. The van der Waals surface area contributed by atoms with Crippen LogP contribution in [0, 0.1) is 16.5 Å². The van der Waals surface area contributed by atoms with Gasteiger partial charge in [-0.25, -0.2) is 18.6 Å². The Morgan fingerprint density at radius 3 is 2.62 bits per heavy atom. The van der Waals surface area contributed by atoms with E-state index in [0.717, 1.165) is 54.7 Å². The monoisotopic (exact) mass is 414 g/mol. The molecule has 1 aromatic heterocycles. The van der Waals surface area contributed by atoms with Gasteiger partial charge < -0.3 is 4.90 Å². The van der Waals surface area contributed by atoms with Crippen molar-refractivity contribution in [2.75, 3.05) is 17.7 Å². The second-order valence-corrected chi connectivity index (χ2v) is 10.4. The minimum Gasteiger partial charge on any atom is -0.356 e. The first kappa shape index (κ1) is 20.0. The number of allylic oxidation sites excluding steroid dienone is 1. The summed E-state index contributed by atoms with van der Waals surface area (Å²) in [6, 6.07) is 6.39. The van der Waals surface area contributed by atoms with Gasteiger partial charge in [0.05, 0.1) is 11.4 Å². The lowest BCUT2D eigenvalue weighted by Crippen LogP contribution is -2.37. The molecule has 1 heterocycles. The molecule has 0 amide bonds. The van der Waals surface area contributed by atoms with Crippen LogP contribution in [0.1, 0.15) is 42.5 Å². The molecule has 2 aromatic rings. The van der Waals surface area contributed by atoms with Crippen LogP contribution >= 0.6 is 0 Å². The van der Waals surface area contributed by atoms with Crippen molar-refractivity contribution in [1.82, 2.24) is 9.97 Å². The van der Waals surface area contributed by atoms with Crippen molar-refractivity contribution in [3.63, 3.8) is 0 Å². The van der Waals surface area contributed by atoms with Gasteiger partial charge in [0.1, 0.15) is 18.0 Å². The number of anilines is 1. The smallest absolute Gasteiger partial charge is 0.139 e. The van der Waals surface area contributed by atoms with Gasteiger partial charge in [0.25, 0.3) is 0 Å². The van der Waals surface area contributed by atoms with Gasteiger partial charge in [-0.15, -0.1) is 0 Å². The molecule has 0 spiro atoms. The Bertz CT molecular complexity index is 996. The zero-order chi connectivity index (χ0) is 20.4. The fourth-order valence-corrected chi connectivity index (χ4v) is 6.43.